The molecule has 1 aliphatic rings. The summed E-state index contributed by atoms with van der Waals surface area (Å²) in [7, 11) is 3.90. The van der Waals surface area contributed by atoms with Crippen LogP contribution >= 0.6 is 0 Å². The van der Waals surface area contributed by atoms with E-state index in [1.54, 1.807) is 0 Å². The number of hydrogen-bond acceptors (Lipinski definition) is 4. The average Bonchev–Trinajstić information content (AvgIpc) is 2.80. The molecule has 1 saturated heterocycles. The zero-order chi connectivity index (χ0) is 13.4. The lowest BCUT2D eigenvalue weighted by molar-refractivity contribution is -0.117. The quantitative estimate of drug-likeness (QED) is 0.612. The molecule has 1 rings (SSSR count). The standard InChI is InChI=1S/C13H25N3O2/c1-15(2)7-5-6-13(18)14-12(11-17)10-16-8-3-4-9-16/h5-6,12,17H,3-4,7-11H2,1-2H3,(H,14,18)/b6-5+. The highest BCUT2D eigenvalue weighted by molar-refractivity contribution is 5.87. The number of carbonyl (C=O) groups is 1. The summed E-state index contributed by atoms with van der Waals surface area (Å²) in [6, 6.07) is -0.167. The Kier molecular flexibility index (Phi) is 6.93. The van der Waals surface area contributed by atoms with E-state index < -0.39 is 0 Å². The number of likely N-dealkylation sites (tertiary alicyclic amines) is 1. The number of hydrogen-bond donors (Lipinski definition) is 2. The van der Waals surface area contributed by atoms with Crippen LogP contribution in [0.2, 0.25) is 0 Å². The van der Waals surface area contributed by atoms with Crippen LogP contribution in [0.25, 0.3) is 0 Å². The van der Waals surface area contributed by atoms with Gasteiger partial charge in [-0.1, -0.05) is 6.08 Å². The summed E-state index contributed by atoms with van der Waals surface area (Å²) in [5.74, 6) is -0.130. The van der Waals surface area contributed by atoms with Crippen molar-refractivity contribution >= 4 is 5.91 Å². The second-order valence-corrected chi connectivity index (χ2v) is 5.06. The van der Waals surface area contributed by atoms with Crippen LogP contribution in [0, 0.1) is 0 Å². The van der Waals surface area contributed by atoms with Gasteiger partial charge in [0.05, 0.1) is 12.6 Å². The Morgan fingerprint density at radius 3 is 2.67 bits per heavy atom. The Bertz CT molecular complexity index is 273. The van der Waals surface area contributed by atoms with Crippen molar-refractivity contribution in [2.75, 3.05) is 46.9 Å². The molecule has 1 amide bonds. The van der Waals surface area contributed by atoms with Crippen LogP contribution < -0.4 is 5.32 Å². The van der Waals surface area contributed by atoms with Gasteiger partial charge < -0.3 is 20.2 Å². The van der Waals surface area contributed by atoms with Gasteiger partial charge in [-0.15, -0.1) is 0 Å². The van der Waals surface area contributed by atoms with E-state index in [4.69, 9.17) is 0 Å². The van der Waals surface area contributed by atoms with Crippen LogP contribution in [0.1, 0.15) is 12.8 Å². The maximum atomic E-state index is 11.6. The highest BCUT2D eigenvalue weighted by Gasteiger charge is 2.17. The van der Waals surface area contributed by atoms with E-state index in [1.807, 2.05) is 25.1 Å². The SMILES string of the molecule is CN(C)C/C=C/C(=O)NC(CO)CN1CCCC1. The van der Waals surface area contributed by atoms with Crippen molar-refractivity contribution in [1.82, 2.24) is 15.1 Å². The first-order valence-electron chi connectivity index (χ1n) is 6.57. The van der Waals surface area contributed by atoms with Crippen LogP contribution in [0.3, 0.4) is 0 Å². The number of nitrogens with one attached hydrogen (secondary N) is 1. The first-order valence-corrected chi connectivity index (χ1v) is 6.57. The smallest absolute Gasteiger partial charge is 0.244 e. The van der Waals surface area contributed by atoms with Gasteiger partial charge in [-0.3, -0.25) is 4.79 Å². The molecule has 104 valence electrons. The first-order chi connectivity index (χ1) is 8.61. The van der Waals surface area contributed by atoms with E-state index in [1.165, 1.54) is 18.9 Å². The first kappa shape index (κ1) is 15.1. The van der Waals surface area contributed by atoms with Crippen LogP contribution in [-0.2, 0) is 4.79 Å². The molecule has 0 aromatic carbocycles. The maximum absolute atomic E-state index is 11.6. The molecular formula is C13H25N3O2. The topological polar surface area (TPSA) is 55.8 Å². The van der Waals surface area contributed by atoms with E-state index in [0.29, 0.717) is 0 Å². The second-order valence-electron chi connectivity index (χ2n) is 5.06. The van der Waals surface area contributed by atoms with Crippen molar-refractivity contribution in [2.45, 2.75) is 18.9 Å². The molecule has 0 aromatic rings. The molecule has 2 N–H and O–H groups in total. The van der Waals surface area contributed by atoms with Crippen molar-refractivity contribution in [3.05, 3.63) is 12.2 Å². The van der Waals surface area contributed by atoms with Gasteiger partial charge in [0.1, 0.15) is 0 Å². The van der Waals surface area contributed by atoms with E-state index in [-0.39, 0.29) is 18.6 Å². The lowest BCUT2D eigenvalue weighted by Gasteiger charge is -2.22. The summed E-state index contributed by atoms with van der Waals surface area (Å²) < 4.78 is 0. The summed E-state index contributed by atoms with van der Waals surface area (Å²) >= 11 is 0. The fourth-order valence-electron chi connectivity index (χ4n) is 2.05. The number of carbonyl (C=O) groups excluding carboxylic acids is 1. The van der Waals surface area contributed by atoms with E-state index in [2.05, 4.69) is 10.2 Å². The summed E-state index contributed by atoms with van der Waals surface area (Å²) in [6.07, 6.45) is 5.79. The Balaban J connectivity index is 2.28. The van der Waals surface area contributed by atoms with Crippen LogP contribution in [0.4, 0.5) is 0 Å². The van der Waals surface area contributed by atoms with Crippen molar-refractivity contribution in [1.29, 1.82) is 0 Å². The van der Waals surface area contributed by atoms with Crippen molar-refractivity contribution in [2.24, 2.45) is 0 Å². The number of amides is 1. The summed E-state index contributed by atoms with van der Waals surface area (Å²) in [5, 5.41) is 12.1. The van der Waals surface area contributed by atoms with Gasteiger partial charge in [0.25, 0.3) is 0 Å². The molecule has 1 aliphatic heterocycles. The molecule has 0 aliphatic carbocycles. The normalized spacial score (nSPS) is 18.7. The molecular weight excluding hydrogens is 230 g/mol. The molecule has 1 atom stereocenters. The highest BCUT2D eigenvalue weighted by Crippen LogP contribution is 2.07. The van der Waals surface area contributed by atoms with Crippen molar-refractivity contribution in [3.63, 3.8) is 0 Å². The third kappa shape index (κ3) is 6.14. The number of nitrogens with zero attached hydrogens (tertiary/aromatic N) is 2. The number of aliphatic hydroxyl groups is 1. The van der Waals surface area contributed by atoms with Gasteiger partial charge in [-0.25, -0.2) is 0 Å². The molecule has 5 heteroatoms. The minimum absolute atomic E-state index is 0.0102. The third-order valence-electron chi connectivity index (χ3n) is 2.98. The van der Waals surface area contributed by atoms with E-state index in [9.17, 15) is 9.90 Å². The lowest BCUT2D eigenvalue weighted by Crippen LogP contribution is -2.44. The monoisotopic (exact) mass is 255 g/mol. The Morgan fingerprint density at radius 1 is 1.44 bits per heavy atom. The lowest BCUT2D eigenvalue weighted by atomic mass is 10.3. The molecule has 0 spiro atoms. The number of likely N-dealkylation sites (N-methyl/N-ethyl adjacent to an activating group) is 1. The molecule has 1 fully saturated rings. The molecule has 0 saturated carbocycles. The largest absolute Gasteiger partial charge is 0.394 e. The van der Waals surface area contributed by atoms with Crippen molar-refractivity contribution in [3.8, 4) is 0 Å². The van der Waals surface area contributed by atoms with Gasteiger partial charge in [-0.05, 0) is 40.0 Å². The fraction of sp³-hybridized carbons (Fsp3) is 0.769. The van der Waals surface area contributed by atoms with Crippen LogP contribution in [-0.4, -0.2) is 73.7 Å². The minimum Gasteiger partial charge on any atom is -0.394 e. The summed E-state index contributed by atoms with van der Waals surface area (Å²) in [6.45, 7) is 3.61. The molecule has 1 unspecified atom stereocenters. The zero-order valence-corrected chi connectivity index (χ0v) is 11.4. The van der Waals surface area contributed by atoms with Crippen LogP contribution in [0.15, 0.2) is 12.2 Å². The van der Waals surface area contributed by atoms with E-state index >= 15 is 0 Å². The number of aliphatic hydroxyl groups excluding tert-OH is 1. The second kappa shape index (κ2) is 8.24. The Morgan fingerprint density at radius 2 is 2.11 bits per heavy atom. The zero-order valence-electron chi connectivity index (χ0n) is 11.4. The molecule has 0 radical (unpaired) electrons. The Labute approximate surface area is 109 Å². The predicted octanol–water partition coefficient (Wildman–Crippen LogP) is -0.323. The van der Waals surface area contributed by atoms with E-state index in [0.717, 1.165) is 26.2 Å². The van der Waals surface area contributed by atoms with Crippen molar-refractivity contribution < 1.29 is 9.90 Å². The Hall–Kier alpha value is -0.910. The van der Waals surface area contributed by atoms with Gasteiger partial charge in [0, 0.05) is 19.2 Å². The highest BCUT2D eigenvalue weighted by atomic mass is 16.3. The minimum atomic E-state index is -0.167. The fourth-order valence-corrected chi connectivity index (χ4v) is 2.05. The van der Waals surface area contributed by atoms with Gasteiger partial charge in [-0.2, -0.15) is 0 Å². The third-order valence-corrected chi connectivity index (χ3v) is 2.98. The molecule has 0 aromatic heterocycles. The van der Waals surface area contributed by atoms with Gasteiger partial charge >= 0.3 is 0 Å². The molecule has 1 heterocycles. The maximum Gasteiger partial charge on any atom is 0.244 e. The summed E-state index contributed by atoms with van der Waals surface area (Å²) in [4.78, 5) is 15.9. The molecule has 0 bridgehead atoms. The molecule has 5 nitrogen and oxygen atoms in total. The van der Waals surface area contributed by atoms with Crippen LogP contribution in [0.5, 0.6) is 0 Å². The van der Waals surface area contributed by atoms with Gasteiger partial charge in [0.2, 0.25) is 5.91 Å². The number of rotatable bonds is 7. The molecule has 18 heavy (non-hydrogen) atoms. The van der Waals surface area contributed by atoms with Gasteiger partial charge in [0.15, 0.2) is 0 Å². The summed E-state index contributed by atoms with van der Waals surface area (Å²) in [5.41, 5.74) is 0. The predicted molar refractivity (Wildman–Crippen MR) is 72.4 cm³/mol. The average molecular weight is 255 g/mol.